The van der Waals surface area contributed by atoms with Crippen molar-refractivity contribution in [2.75, 3.05) is 50.8 Å². The highest BCUT2D eigenvalue weighted by atomic mass is 32.1. The van der Waals surface area contributed by atoms with E-state index in [1.165, 1.54) is 4.88 Å². The molecule has 3 aromatic rings. The Morgan fingerprint density at radius 1 is 1.18 bits per heavy atom. The maximum atomic E-state index is 12.0. The van der Waals surface area contributed by atoms with E-state index in [2.05, 4.69) is 38.0 Å². The Balaban J connectivity index is 1.59. The van der Waals surface area contributed by atoms with Gasteiger partial charge in [0.15, 0.2) is 0 Å². The summed E-state index contributed by atoms with van der Waals surface area (Å²) in [7, 11) is 0. The highest BCUT2D eigenvalue weighted by Crippen LogP contribution is 2.40. The molecule has 5 rings (SSSR count). The number of nitrogens with zero attached hydrogens (tertiary/aromatic N) is 4. The Morgan fingerprint density at radius 2 is 2.07 bits per heavy atom. The molecule has 1 N–H and O–H groups in total. The highest BCUT2D eigenvalue weighted by molar-refractivity contribution is 7.18. The van der Waals surface area contributed by atoms with Crippen molar-refractivity contribution in [3.05, 3.63) is 28.7 Å². The normalized spacial score (nSPS) is 18.6. The first-order valence-electron chi connectivity index (χ1n) is 9.41. The van der Waals surface area contributed by atoms with Gasteiger partial charge in [-0.15, -0.1) is 22.7 Å². The number of hydrogen-bond donors (Lipinski definition) is 1. The lowest BCUT2D eigenvalue weighted by molar-refractivity contribution is -0.120. The van der Waals surface area contributed by atoms with E-state index < -0.39 is 0 Å². The number of ether oxygens (including phenoxy) is 1. The first-order chi connectivity index (χ1) is 13.8. The van der Waals surface area contributed by atoms with Crippen molar-refractivity contribution in [2.45, 2.75) is 6.54 Å². The van der Waals surface area contributed by atoms with Crippen LogP contribution in [0.3, 0.4) is 0 Å². The van der Waals surface area contributed by atoms with Crippen LogP contribution in [0.15, 0.2) is 22.9 Å². The van der Waals surface area contributed by atoms with Crippen LogP contribution in [0.25, 0.3) is 20.7 Å². The first kappa shape index (κ1) is 18.0. The van der Waals surface area contributed by atoms with E-state index in [-0.39, 0.29) is 5.91 Å². The van der Waals surface area contributed by atoms with Crippen LogP contribution < -0.4 is 10.2 Å². The Labute approximate surface area is 171 Å². The number of fused-ring (bicyclic) bond motifs is 1. The standard InChI is InChI=1S/C19H21N5O2S2/c25-16-11-24(4-3-20-16)18-17-13(14-2-1-9-27-14)12-28-19(17)22-15(21-18)10-23-5-7-26-8-6-23/h1-2,9,12H,3-8,10-11H2,(H,20,25). The van der Waals surface area contributed by atoms with Gasteiger partial charge in [-0.25, -0.2) is 9.97 Å². The van der Waals surface area contributed by atoms with Crippen LogP contribution in [0, 0.1) is 0 Å². The minimum absolute atomic E-state index is 0.0423. The zero-order chi connectivity index (χ0) is 18.9. The molecule has 0 saturated carbocycles. The molecular formula is C19H21N5O2S2. The highest BCUT2D eigenvalue weighted by Gasteiger charge is 2.24. The average molecular weight is 416 g/mol. The van der Waals surface area contributed by atoms with Crippen molar-refractivity contribution in [1.29, 1.82) is 0 Å². The fraction of sp³-hybridized carbons (Fsp3) is 0.421. The Morgan fingerprint density at radius 3 is 2.86 bits per heavy atom. The van der Waals surface area contributed by atoms with Gasteiger partial charge in [-0.3, -0.25) is 9.69 Å². The average Bonchev–Trinajstić information content (AvgIpc) is 3.38. The third-order valence-electron chi connectivity index (χ3n) is 5.05. The van der Waals surface area contributed by atoms with Crippen molar-refractivity contribution < 1.29 is 9.53 Å². The molecule has 0 aliphatic carbocycles. The number of nitrogens with one attached hydrogen (secondary N) is 1. The minimum atomic E-state index is 0.0423. The molecule has 3 aromatic heterocycles. The Bertz CT molecular complexity index is 982. The number of carbonyl (C=O) groups is 1. The lowest BCUT2D eigenvalue weighted by atomic mass is 10.1. The van der Waals surface area contributed by atoms with Gasteiger partial charge in [0.05, 0.1) is 31.7 Å². The minimum Gasteiger partial charge on any atom is -0.379 e. The summed E-state index contributed by atoms with van der Waals surface area (Å²) in [5.41, 5.74) is 1.16. The molecule has 0 unspecified atom stereocenters. The molecule has 7 nitrogen and oxygen atoms in total. The molecule has 5 heterocycles. The fourth-order valence-corrected chi connectivity index (χ4v) is 5.43. The van der Waals surface area contributed by atoms with E-state index >= 15 is 0 Å². The summed E-state index contributed by atoms with van der Waals surface area (Å²) < 4.78 is 5.45. The molecular weight excluding hydrogens is 394 g/mol. The second-order valence-electron chi connectivity index (χ2n) is 6.93. The summed E-state index contributed by atoms with van der Waals surface area (Å²) in [5, 5.41) is 8.22. The van der Waals surface area contributed by atoms with Gasteiger partial charge in [-0.05, 0) is 11.4 Å². The van der Waals surface area contributed by atoms with E-state index in [1.54, 1.807) is 22.7 Å². The van der Waals surface area contributed by atoms with E-state index in [9.17, 15) is 4.79 Å². The van der Waals surface area contributed by atoms with Crippen molar-refractivity contribution in [3.63, 3.8) is 0 Å². The topological polar surface area (TPSA) is 70.6 Å². The number of piperazine rings is 1. The Kier molecular flexibility index (Phi) is 4.98. The number of hydrogen-bond acceptors (Lipinski definition) is 8. The lowest BCUT2D eigenvalue weighted by Gasteiger charge is -2.29. The molecule has 2 fully saturated rings. The fourth-order valence-electron chi connectivity index (χ4n) is 3.66. The number of rotatable bonds is 4. The quantitative estimate of drug-likeness (QED) is 0.704. The number of anilines is 1. The summed E-state index contributed by atoms with van der Waals surface area (Å²) in [6, 6.07) is 4.19. The molecule has 0 aromatic carbocycles. The molecule has 1 amide bonds. The molecule has 2 aliphatic heterocycles. The van der Waals surface area contributed by atoms with E-state index in [0.29, 0.717) is 19.6 Å². The van der Waals surface area contributed by atoms with Gasteiger partial charge < -0.3 is 15.0 Å². The van der Waals surface area contributed by atoms with E-state index in [1.807, 2.05) is 0 Å². The lowest BCUT2D eigenvalue weighted by Crippen LogP contribution is -2.48. The maximum Gasteiger partial charge on any atom is 0.239 e. The first-order valence-corrected chi connectivity index (χ1v) is 11.2. The predicted octanol–water partition coefficient (Wildman–Crippen LogP) is 2.19. The summed E-state index contributed by atoms with van der Waals surface area (Å²) in [6.45, 7) is 5.74. The second kappa shape index (κ2) is 7.75. The SMILES string of the molecule is O=C1CN(c2nc(CN3CCOCC3)nc3scc(-c4cccs4)c23)CCN1. The van der Waals surface area contributed by atoms with Gasteiger partial charge in [-0.1, -0.05) is 6.07 Å². The van der Waals surface area contributed by atoms with Crippen LogP contribution >= 0.6 is 22.7 Å². The predicted molar refractivity (Wildman–Crippen MR) is 112 cm³/mol. The van der Waals surface area contributed by atoms with Gasteiger partial charge >= 0.3 is 0 Å². The molecule has 9 heteroatoms. The largest absolute Gasteiger partial charge is 0.379 e. The Hall–Kier alpha value is -2.07. The zero-order valence-corrected chi connectivity index (χ0v) is 17.0. The number of carbonyl (C=O) groups excluding carboxylic acids is 1. The number of amides is 1. The third-order valence-corrected chi connectivity index (χ3v) is 6.83. The van der Waals surface area contributed by atoms with Crippen LogP contribution in [0.1, 0.15) is 5.82 Å². The number of aromatic nitrogens is 2. The van der Waals surface area contributed by atoms with Crippen molar-refractivity contribution in [2.24, 2.45) is 0 Å². The third kappa shape index (κ3) is 3.50. The van der Waals surface area contributed by atoms with Gasteiger partial charge in [-0.2, -0.15) is 0 Å². The van der Waals surface area contributed by atoms with E-state index in [4.69, 9.17) is 14.7 Å². The zero-order valence-electron chi connectivity index (χ0n) is 15.4. The molecule has 2 aliphatic rings. The second-order valence-corrected chi connectivity index (χ2v) is 8.74. The molecule has 0 bridgehead atoms. The molecule has 0 spiro atoms. The van der Waals surface area contributed by atoms with Crippen molar-refractivity contribution >= 4 is 44.6 Å². The molecule has 146 valence electrons. The van der Waals surface area contributed by atoms with Crippen LogP contribution in [-0.4, -0.2) is 66.7 Å². The smallest absolute Gasteiger partial charge is 0.239 e. The molecule has 28 heavy (non-hydrogen) atoms. The van der Waals surface area contributed by atoms with Crippen LogP contribution in [-0.2, 0) is 16.1 Å². The summed E-state index contributed by atoms with van der Waals surface area (Å²) in [6.07, 6.45) is 0. The summed E-state index contributed by atoms with van der Waals surface area (Å²) in [4.78, 5) is 28.5. The number of thiophene rings is 2. The summed E-state index contributed by atoms with van der Waals surface area (Å²) >= 11 is 3.37. The van der Waals surface area contributed by atoms with Crippen LogP contribution in [0.4, 0.5) is 5.82 Å². The number of morpholine rings is 1. The molecule has 0 atom stereocenters. The van der Waals surface area contributed by atoms with Crippen LogP contribution in [0.2, 0.25) is 0 Å². The van der Waals surface area contributed by atoms with Crippen LogP contribution in [0.5, 0.6) is 0 Å². The molecule has 0 radical (unpaired) electrons. The summed E-state index contributed by atoms with van der Waals surface area (Å²) in [5.74, 6) is 1.74. The maximum absolute atomic E-state index is 12.0. The van der Waals surface area contributed by atoms with Gasteiger partial charge in [0, 0.05) is 42.0 Å². The van der Waals surface area contributed by atoms with Gasteiger partial charge in [0.1, 0.15) is 16.5 Å². The molecule has 2 saturated heterocycles. The van der Waals surface area contributed by atoms with E-state index in [0.717, 1.165) is 60.3 Å². The monoisotopic (exact) mass is 415 g/mol. The van der Waals surface area contributed by atoms with Crippen molar-refractivity contribution in [3.8, 4) is 10.4 Å². The van der Waals surface area contributed by atoms with Gasteiger partial charge in [0.25, 0.3) is 0 Å². The van der Waals surface area contributed by atoms with Gasteiger partial charge in [0.2, 0.25) is 5.91 Å². The van der Waals surface area contributed by atoms with Crippen molar-refractivity contribution in [1.82, 2.24) is 20.2 Å².